The van der Waals surface area contributed by atoms with E-state index in [1.54, 1.807) is 0 Å². The van der Waals surface area contributed by atoms with Crippen LogP contribution >= 0.6 is 0 Å². The van der Waals surface area contributed by atoms with Crippen molar-refractivity contribution in [3.8, 4) is 0 Å². The molecule has 0 saturated heterocycles. The predicted molar refractivity (Wildman–Crippen MR) is 270 cm³/mol. The molecule has 0 aliphatic rings. The molecule has 1 atom stereocenters. The lowest BCUT2D eigenvalue weighted by Gasteiger charge is -2.18. The Morgan fingerprint density at radius 2 is 0.635 bits per heavy atom. The van der Waals surface area contributed by atoms with Crippen LogP contribution in [0.4, 0.5) is 0 Å². The Morgan fingerprint density at radius 3 is 1.03 bits per heavy atom. The fraction of sp³-hybridized carbons (Fsp3) is 0.667. The van der Waals surface area contributed by atoms with E-state index < -0.39 is 6.10 Å². The lowest BCUT2D eigenvalue weighted by atomic mass is 10.1. The summed E-state index contributed by atoms with van der Waals surface area (Å²) >= 11 is 0. The summed E-state index contributed by atoms with van der Waals surface area (Å²) in [6.45, 7) is 6.40. The van der Waals surface area contributed by atoms with Crippen LogP contribution < -0.4 is 0 Å². The van der Waals surface area contributed by atoms with E-state index in [1.807, 2.05) is 0 Å². The van der Waals surface area contributed by atoms with E-state index in [4.69, 9.17) is 14.2 Å². The van der Waals surface area contributed by atoms with Gasteiger partial charge in [-0.05, 0) is 116 Å². The molecule has 0 N–H and O–H groups in total. The van der Waals surface area contributed by atoms with Gasteiger partial charge in [0.2, 0.25) is 0 Å². The average Bonchev–Trinajstić information content (AvgIpc) is 3.28. The van der Waals surface area contributed by atoms with Crippen LogP contribution in [-0.2, 0) is 28.6 Å². The quantitative estimate of drug-likeness (QED) is 0.0262. The van der Waals surface area contributed by atoms with Crippen molar-refractivity contribution in [1.82, 2.24) is 0 Å². The van der Waals surface area contributed by atoms with Gasteiger partial charge in [0.25, 0.3) is 0 Å². The molecule has 0 bridgehead atoms. The molecule has 0 spiro atoms. The van der Waals surface area contributed by atoms with Gasteiger partial charge in [0.05, 0.1) is 0 Å². The van der Waals surface area contributed by atoms with Gasteiger partial charge in [0.15, 0.2) is 6.10 Å². The van der Waals surface area contributed by atoms with Crippen molar-refractivity contribution in [2.75, 3.05) is 13.2 Å². The second-order valence-corrected chi connectivity index (χ2v) is 16.7. The number of hydrogen-bond acceptors (Lipinski definition) is 6. The fourth-order valence-electron chi connectivity index (χ4n) is 6.65. The predicted octanol–water partition coefficient (Wildman–Crippen LogP) is 17.0. The van der Waals surface area contributed by atoms with E-state index in [1.165, 1.54) is 51.4 Å². The number of ether oxygens (including phenoxy) is 3. The van der Waals surface area contributed by atoms with Crippen molar-refractivity contribution in [1.29, 1.82) is 0 Å². The minimum absolute atomic E-state index is 0.101. The molecule has 0 heterocycles. The van der Waals surface area contributed by atoms with Gasteiger partial charge >= 0.3 is 17.9 Å². The van der Waals surface area contributed by atoms with E-state index in [0.717, 1.165) is 135 Å². The summed E-state index contributed by atoms with van der Waals surface area (Å²) in [7, 11) is 0. The van der Waals surface area contributed by atoms with Gasteiger partial charge in [-0.3, -0.25) is 14.4 Å². The van der Waals surface area contributed by atoms with Crippen molar-refractivity contribution < 1.29 is 28.6 Å². The minimum atomic E-state index is -0.803. The van der Waals surface area contributed by atoms with E-state index in [9.17, 15) is 14.4 Å². The number of unbranched alkanes of at least 4 members (excludes halogenated alkanes) is 18. The van der Waals surface area contributed by atoms with Crippen molar-refractivity contribution in [2.45, 2.75) is 232 Å². The molecule has 0 aromatic rings. The monoisotopic (exact) mass is 875 g/mol. The second-order valence-electron chi connectivity index (χ2n) is 16.7. The van der Waals surface area contributed by atoms with Gasteiger partial charge < -0.3 is 14.2 Å². The molecule has 0 amide bonds. The molecular weight excluding hydrogens is 781 g/mol. The highest BCUT2D eigenvalue weighted by Gasteiger charge is 2.19. The molecule has 0 saturated carbocycles. The molecule has 0 unspecified atom stereocenters. The van der Waals surface area contributed by atoms with Crippen LogP contribution in [0.5, 0.6) is 0 Å². The number of rotatable bonds is 45. The molecule has 0 aromatic heterocycles. The summed E-state index contributed by atoms with van der Waals surface area (Å²) in [4.78, 5) is 37.9. The smallest absolute Gasteiger partial charge is 0.306 e. The molecule has 6 nitrogen and oxygen atoms in total. The van der Waals surface area contributed by atoms with Crippen molar-refractivity contribution in [2.24, 2.45) is 0 Å². The summed E-state index contributed by atoms with van der Waals surface area (Å²) < 4.78 is 16.7. The lowest BCUT2D eigenvalue weighted by molar-refractivity contribution is -0.167. The highest BCUT2D eigenvalue weighted by atomic mass is 16.6. The number of allylic oxidation sites excluding steroid dienone is 16. The van der Waals surface area contributed by atoms with Gasteiger partial charge in [-0.25, -0.2) is 0 Å². The number of esters is 3. The Hall–Kier alpha value is -3.67. The Kier molecular flexibility index (Phi) is 48.0. The summed E-state index contributed by atoms with van der Waals surface area (Å²) in [6.07, 6.45) is 66.7. The van der Waals surface area contributed by atoms with Gasteiger partial charge in [-0.2, -0.15) is 0 Å². The molecule has 0 aliphatic carbocycles. The third kappa shape index (κ3) is 49.2. The first-order chi connectivity index (χ1) is 31.0. The molecular formula is C57H94O6. The summed E-state index contributed by atoms with van der Waals surface area (Å²) in [5, 5.41) is 0. The standard InChI is InChI=1S/C57H94O6/c1-4-7-10-13-16-19-22-24-26-28-30-32-35-38-41-44-47-50-56(59)62-53-54(52-61-55(58)49-46-43-40-37-34-21-18-15-12-9-6-3)63-57(60)51-48-45-42-39-36-33-31-29-27-25-23-20-17-14-11-8-5-2/h8,11,15-20,24-27,30-33,54H,4-7,9-10,12-14,21-23,28-29,34-53H2,1-3H3/b11-8-,18-15-,19-16-,20-17-,26-24-,27-25-,32-30-,33-31-/t54-/m0/s1. The maximum absolute atomic E-state index is 12.8. The van der Waals surface area contributed by atoms with Gasteiger partial charge in [-0.15, -0.1) is 0 Å². The lowest BCUT2D eigenvalue weighted by Crippen LogP contribution is -2.30. The zero-order chi connectivity index (χ0) is 45.8. The van der Waals surface area contributed by atoms with E-state index in [0.29, 0.717) is 19.3 Å². The largest absolute Gasteiger partial charge is 0.462 e. The zero-order valence-corrected chi connectivity index (χ0v) is 40.8. The number of carbonyl (C=O) groups excluding carboxylic acids is 3. The van der Waals surface area contributed by atoms with E-state index in [-0.39, 0.29) is 31.1 Å². The summed E-state index contributed by atoms with van der Waals surface area (Å²) in [5.41, 5.74) is 0. The second kappa shape index (κ2) is 51.0. The van der Waals surface area contributed by atoms with Crippen molar-refractivity contribution in [3.05, 3.63) is 97.2 Å². The van der Waals surface area contributed by atoms with Crippen LogP contribution in [0.3, 0.4) is 0 Å². The van der Waals surface area contributed by atoms with Gasteiger partial charge in [0.1, 0.15) is 13.2 Å². The van der Waals surface area contributed by atoms with Crippen LogP contribution in [0.25, 0.3) is 0 Å². The highest BCUT2D eigenvalue weighted by molar-refractivity contribution is 5.71. The first kappa shape index (κ1) is 59.3. The van der Waals surface area contributed by atoms with Crippen LogP contribution in [0.15, 0.2) is 97.2 Å². The maximum Gasteiger partial charge on any atom is 0.306 e. The van der Waals surface area contributed by atoms with E-state index in [2.05, 4.69) is 118 Å². The van der Waals surface area contributed by atoms with Crippen LogP contribution in [0.2, 0.25) is 0 Å². The van der Waals surface area contributed by atoms with Gasteiger partial charge in [-0.1, -0.05) is 189 Å². The van der Waals surface area contributed by atoms with Crippen molar-refractivity contribution in [3.63, 3.8) is 0 Å². The zero-order valence-electron chi connectivity index (χ0n) is 40.8. The van der Waals surface area contributed by atoms with E-state index >= 15 is 0 Å². The fourth-order valence-corrected chi connectivity index (χ4v) is 6.65. The first-order valence-corrected chi connectivity index (χ1v) is 25.7. The average molecular weight is 875 g/mol. The van der Waals surface area contributed by atoms with Crippen LogP contribution in [-0.4, -0.2) is 37.2 Å². The number of hydrogen-bond donors (Lipinski definition) is 0. The Labute approximate surface area is 387 Å². The third-order valence-corrected chi connectivity index (χ3v) is 10.5. The molecule has 6 heteroatoms. The van der Waals surface area contributed by atoms with Crippen LogP contribution in [0, 0.1) is 0 Å². The molecule has 0 radical (unpaired) electrons. The summed E-state index contributed by atoms with van der Waals surface area (Å²) in [6, 6.07) is 0. The molecule has 0 aromatic carbocycles. The molecule has 0 fully saturated rings. The minimum Gasteiger partial charge on any atom is -0.462 e. The molecule has 0 rings (SSSR count). The topological polar surface area (TPSA) is 78.9 Å². The summed E-state index contributed by atoms with van der Waals surface area (Å²) in [5.74, 6) is -0.960. The van der Waals surface area contributed by atoms with Crippen molar-refractivity contribution >= 4 is 17.9 Å². The Bertz CT molecular complexity index is 1280. The normalized spacial score (nSPS) is 12.9. The Balaban J connectivity index is 4.48. The SMILES string of the molecule is CC/C=C\C/C=C\C/C=C\C/C=C\CCCCCCC(=O)O[C@H](COC(=O)CCCCCC/C=C\C/C=C\C/C=C\CCCCC)COC(=O)CCCCCCC/C=C\CCCC. The molecule has 358 valence electrons. The number of carbonyl (C=O) groups is 3. The molecule has 0 aliphatic heterocycles. The third-order valence-electron chi connectivity index (χ3n) is 10.5. The maximum atomic E-state index is 12.8. The van der Waals surface area contributed by atoms with Crippen LogP contribution in [0.1, 0.15) is 226 Å². The molecule has 63 heavy (non-hydrogen) atoms. The van der Waals surface area contributed by atoms with Gasteiger partial charge in [0, 0.05) is 19.3 Å². The highest BCUT2D eigenvalue weighted by Crippen LogP contribution is 2.13. The Morgan fingerprint density at radius 1 is 0.333 bits per heavy atom. The first-order valence-electron chi connectivity index (χ1n) is 25.7.